The lowest BCUT2D eigenvalue weighted by atomic mass is 10.2. The Bertz CT molecular complexity index is 732. The molecule has 0 amide bonds. The van der Waals surface area contributed by atoms with Gasteiger partial charge in [-0.05, 0) is 57.9 Å². The zero-order valence-electron chi connectivity index (χ0n) is 19.7. The summed E-state index contributed by atoms with van der Waals surface area (Å²) in [4.78, 5) is 24.2. The molecule has 0 fully saturated rings. The van der Waals surface area contributed by atoms with E-state index in [-0.39, 0.29) is 5.75 Å². The summed E-state index contributed by atoms with van der Waals surface area (Å²) in [5, 5.41) is 8.84. The average Bonchev–Trinajstić information content (AvgIpc) is 2.74. The van der Waals surface area contributed by atoms with Crippen LogP contribution in [0.4, 0.5) is 0 Å². The second-order valence-corrected chi connectivity index (χ2v) is 9.60. The average molecular weight is 469 g/mol. The standard InChI is InChI=1S/C23H36O8Si/c1-6-11-12-21(32(28-8-3,29-9-4)30-10-5)23(26)31-19-15-13-18(14-16-22(24)25)17-20(19)27-7-2/h13-17,21H,6-12H2,1-5H3,(H,24,25)/b16-14+. The third-order valence-corrected chi connectivity index (χ3v) is 7.94. The van der Waals surface area contributed by atoms with Crippen LogP contribution in [0.5, 0.6) is 11.5 Å². The predicted octanol–water partition coefficient (Wildman–Crippen LogP) is 4.70. The van der Waals surface area contributed by atoms with Gasteiger partial charge in [-0.25, -0.2) is 4.79 Å². The van der Waals surface area contributed by atoms with Crippen LogP contribution in [0.1, 0.15) is 59.4 Å². The predicted molar refractivity (Wildman–Crippen MR) is 124 cm³/mol. The first-order valence-corrected chi connectivity index (χ1v) is 13.0. The summed E-state index contributed by atoms with van der Waals surface area (Å²) in [7, 11) is -3.34. The van der Waals surface area contributed by atoms with Gasteiger partial charge in [0.25, 0.3) is 0 Å². The number of benzene rings is 1. The van der Waals surface area contributed by atoms with E-state index in [4.69, 9.17) is 27.9 Å². The van der Waals surface area contributed by atoms with E-state index in [1.165, 1.54) is 6.08 Å². The number of esters is 1. The molecule has 8 nitrogen and oxygen atoms in total. The molecule has 0 aromatic heterocycles. The molecule has 9 heteroatoms. The van der Waals surface area contributed by atoms with Gasteiger partial charge in [0.1, 0.15) is 5.54 Å². The largest absolute Gasteiger partial charge is 0.515 e. The van der Waals surface area contributed by atoms with Gasteiger partial charge in [-0.1, -0.05) is 25.8 Å². The molecule has 1 aromatic carbocycles. The molecule has 0 spiro atoms. The van der Waals surface area contributed by atoms with Gasteiger partial charge in [0.05, 0.1) is 6.61 Å². The molecule has 0 aliphatic rings. The number of hydrogen-bond donors (Lipinski definition) is 1. The monoisotopic (exact) mass is 468 g/mol. The van der Waals surface area contributed by atoms with Crippen molar-refractivity contribution < 1.29 is 37.4 Å². The Balaban J connectivity index is 3.29. The SMILES string of the molecule is CCCCC(C(=O)Oc1ccc(/C=C/C(=O)O)cc1OCC)[Si](OCC)(OCC)OCC. The number of carbonyl (C=O) groups is 2. The second kappa shape index (κ2) is 14.8. The van der Waals surface area contributed by atoms with Gasteiger partial charge in [0.2, 0.25) is 0 Å². The highest BCUT2D eigenvalue weighted by molar-refractivity contribution is 6.66. The lowest BCUT2D eigenvalue weighted by Gasteiger charge is -2.34. The molecule has 1 rings (SSSR count). The van der Waals surface area contributed by atoms with Crippen molar-refractivity contribution in [3.05, 3.63) is 29.8 Å². The van der Waals surface area contributed by atoms with Crippen LogP contribution in [0.3, 0.4) is 0 Å². The molecule has 1 N–H and O–H groups in total. The van der Waals surface area contributed by atoms with Crippen LogP contribution < -0.4 is 9.47 Å². The molecule has 180 valence electrons. The van der Waals surface area contributed by atoms with Gasteiger partial charge in [-0.2, -0.15) is 0 Å². The highest BCUT2D eigenvalue weighted by atomic mass is 28.4. The van der Waals surface area contributed by atoms with Gasteiger partial charge < -0.3 is 27.9 Å². The summed E-state index contributed by atoms with van der Waals surface area (Å²) in [5.74, 6) is -0.950. The molecular weight excluding hydrogens is 432 g/mol. The van der Waals surface area contributed by atoms with Crippen molar-refractivity contribution in [2.24, 2.45) is 0 Å². The molecule has 0 aliphatic carbocycles. The zero-order chi connectivity index (χ0) is 24.0. The highest BCUT2D eigenvalue weighted by Gasteiger charge is 2.53. The normalized spacial score (nSPS) is 12.7. The number of aliphatic carboxylic acids is 1. The van der Waals surface area contributed by atoms with Gasteiger partial charge in [-0.3, -0.25) is 4.79 Å². The van der Waals surface area contributed by atoms with Crippen LogP contribution in [-0.2, 0) is 22.9 Å². The van der Waals surface area contributed by atoms with E-state index in [2.05, 4.69) is 0 Å². The number of carboxylic acid groups (broad SMARTS) is 1. The minimum atomic E-state index is -3.34. The van der Waals surface area contributed by atoms with Crippen LogP contribution in [0.25, 0.3) is 6.08 Å². The van der Waals surface area contributed by atoms with E-state index in [0.717, 1.165) is 18.9 Å². The van der Waals surface area contributed by atoms with E-state index in [1.807, 2.05) is 34.6 Å². The molecule has 1 unspecified atom stereocenters. The lowest BCUT2D eigenvalue weighted by Crippen LogP contribution is -2.53. The lowest BCUT2D eigenvalue weighted by molar-refractivity contribution is -0.136. The summed E-state index contributed by atoms with van der Waals surface area (Å²) in [6.07, 6.45) is 4.68. The summed E-state index contributed by atoms with van der Waals surface area (Å²) in [5.41, 5.74) is -0.0665. The maximum atomic E-state index is 13.4. The van der Waals surface area contributed by atoms with E-state index in [1.54, 1.807) is 18.2 Å². The molecule has 1 aromatic rings. The van der Waals surface area contributed by atoms with E-state index in [0.29, 0.717) is 44.2 Å². The Labute approximate surface area is 191 Å². The number of hydrogen-bond acceptors (Lipinski definition) is 7. The first kappa shape index (κ1) is 27.8. The summed E-state index contributed by atoms with van der Waals surface area (Å²) in [6.45, 7) is 10.8. The molecular formula is C23H36O8Si. The van der Waals surface area contributed by atoms with Crippen molar-refractivity contribution in [1.29, 1.82) is 0 Å². The maximum Gasteiger partial charge on any atom is 0.515 e. The van der Waals surface area contributed by atoms with Crippen LogP contribution in [0.15, 0.2) is 24.3 Å². The Morgan fingerprint density at radius 1 is 0.969 bits per heavy atom. The number of ether oxygens (including phenoxy) is 2. The molecule has 32 heavy (non-hydrogen) atoms. The van der Waals surface area contributed by atoms with Gasteiger partial charge in [0.15, 0.2) is 11.5 Å². The zero-order valence-corrected chi connectivity index (χ0v) is 20.7. The fraction of sp³-hybridized carbons (Fsp3) is 0.565. The smallest absolute Gasteiger partial charge is 0.490 e. The number of carbonyl (C=O) groups excluding carboxylic acids is 1. The van der Waals surface area contributed by atoms with Crippen LogP contribution in [0, 0.1) is 0 Å². The molecule has 0 saturated heterocycles. The number of carboxylic acids is 1. The molecule has 0 bridgehead atoms. The number of rotatable bonds is 16. The minimum absolute atomic E-state index is 0.248. The molecule has 0 saturated carbocycles. The molecule has 1 atom stereocenters. The third kappa shape index (κ3) is 8.38. The fourth-order valence-electron chi connectivity index (χ4n) is 3.21. The first-order valence-electron chi connectivity index (χ1n) is 11.2. The van der Waals surface area contributed by atoms with Crippen LogP contribution in [-0.4, -0.2) is 52.3 Å². The molecule has 0 radical (unpaired) electrons. The van der Waals surface area contributed by atoms with Crippen molar-refractivity contribution in [2.75, 3.05) is 26.4 Å². The quantitative estimate of drug-likeness (QED) is 0.161. The van der Waals surface area contributed by atoms with Crippen molar-refractivity contribution in [2.45, 2.75) is 59.4 Å². The highest BCUT2D eigenvalue weighted by Crippen LogP contribution is 2.35. The van der Waals surface area contributed by atoms with Crippen LogP contribution in [0.2, 0.25) is 5.54 Å². The minimum Gasteiger partial charge on any atom is -0.490 e. The van der Waals surface area contributed by atoms with Crippen molar-refractivity contribution in [3.8, 4) is 11.5 Å². The van der Waals surface area contributed by atoms with E-state index in [9.17, 15) is 9.59 Å². The maximum absolute atomic E-state index is 13.4. The Morgan fingerprint density at radius 2 is 1.59 bits per heavy atom. The topological polar surface area (TPSA) is 101 Å². The van der Waals surface area contributed by atoms with Crippen molar-refractivity contribution >= 4 is 26.8 Å². The summed E-state index contributed by atoms with van der Waals surface area (Å²) >= 11 is 0. The van der Waals surface area contributed by atoms with E-state index >= 15 is 0 Å². The van der Waals surface area contributed by atoms with Gasteiger partial charge in [-0.15, -0.1) is 0 Å². The van der Waals surface area contributed by atoms with E-state index < -0.39 is 26.3 Å². The van der Waals surface area contributed by atoms with Crippen molar-refractivity contribution in [3.63, 3.8) is 0 Å². The molecule has 0 aliphatic heterocycles. The number of unbranched alkanes of at least 4 members (excludes halogenated alkanes) is 1. The molecule has 0 heterocycles. The van der Waals surface area contributed by atoms with Crippen LogP contribution >= 0.6 is 0 Å². The van der Waals surface area contributed by atoms with Gasteiger partial charge in [0, 0.05) is 25.9 Å². The van der Waals surface area contributed by atoms with Crippen molar-refractivity contribution in [1.82, 2.24) is 0 Å². The van der Waals surface area contributed by atoms with Gasteiger partial charge >= 0.3 is 20.7 Å². The Kier molecular flexibility index (Phi) is 12.9. The third-order valence-electron chi connectivity index (χ3n) is 4.49. The second-order valence-electron chi connectivity index (χ2n) is 6.83. The fourth-order valence-corrected chi connectivity index (χ4v) is 6.17. The first-order chi connectivity index (χ1) is 15.4. The summed E-state index contributed by atoms with van der Waals surface area (Å²) < 4.78 is 29.3. The Morgan fingerprint density at radius 3 is 2.09 bits per heavy atom. The Hall–Kier alpha value is -2.20. The summed E-state index contributed by atoms with van der Waals surface area (Å²) in [6, 6.07) is 4.88.